The lowest BCUT2D eigenvalue weighted by Gasteiger charge is -2.19. The molecule has 2 aromatic heterocycles. The number of aromatic amines is 1. The molecule has 2 aromatic rings. The monoisotopic (exact) mass is 496 g/mol. The maximum Gasteiger partial charge on any atom is 0.347 e. The van der Waals surface area contributed by atoms with Gasteiger partial charge in [-0.25, -0.2) is 9.78 Å². The fraction of sp³-hybridized carbons (Fsp3) is 0.591. The quantitative estimate of drug-likeness (QED) is 0.512. The van der Waals surface area contributed by atoms with E-state index in [2.05, 4.69) is 15.2 Å². The van der Waals surface area contributed by atoms with Gasteiger partial charge in [-0.1, -0.05) is 60.2 Å². The molecule has 5 rings (SSSR count). The number of hydrogen-bond acceptors (Lipinski definition) is 5. The first-order valence-corrected chi connectivity index (χ1v) is 12.7. The van der Waals surface area contributed by atoms with Crippen LogP contribution < -0.4 is 10.2 Å². The van der Waals surface area contributed by atoms with Crippen molar-refractivity contribution >= 4 is 51.5 Å². The van der Waals surface area contributed by atoms with E-state index in [1.165, 1.54) is 37.0 Å². The maximum absolute atomic E-state index is 12.6. The van der Waals surface area contributed by atoms with Crippen molar-refractivity contribution in [2.45, 2.75) is 51.5 Å². The first-order valence-electron chi connectivity index (χ1n) is 11.2. The molecule has 3 N–H and O–H groups in total. The number of anilines is 1. The minimum atomic E-state index is -0.888. The molecule has 10 heteroatoms. The summed E-state index contributed by atoms with van der Waals surface area (Å²) in [6, 6.07) is 0.0953. The summed E-state index contributed by atoms with van der Waals surface area (Å²) >= 11 is 13.5. The molecule has 0 radical (unpaired) electrons. The molecule has 1 unspecified atom stereocenters. The number of fused-ring (bicyclic) bond motifs is 1. The summed E-state index contributed by atoms with van der Waals surface area (Å²) in [4.78, 5) is 34.6. The van der Waals surface area contributed by atoms with Gasteiger partial charge in [0.1, 0.15) is 10.6 Å². The highest BCUT2D eigenvalue weighted by atomic mass is 35.5. The summed E-state index contributed by atoms with van der Waals surface area (Å²) in [5, 5.41) is 14.1. The Hall–Kier alpha value is -1.77. The number of carbonyl (C=O) groups excluding carboxylic acids is 1. The van der Waals surface area contributed by atoms with Gasteiger partial charge in [-0.05, 0) is 25.7 Å². The molecule has 1 amide bonds. The van der Waals surface area contributed by atoms with E-state index in [4.69, 9.17) is 28.2 Å². The zero-order chi connectivity index (χ0) is 22.6. The first-order chi connectivity index (χ1) is 15.3. The SMILES string of the molecule is Cc1[nH]c(C(=O)NC2[C@H]3CN(c4nc(CCC5CCCC5)c(C(=O)O)s4)C[C@@H]23)c(Cl)c1Cl. The number of nitrogens with one attached hydrogen (secondary N) is 2. The number of carbonyl (C=O) groups is 2. The molecule has 3 heterocycles. The van der Waals surface area contributed by atoms with Crippen LogP contribution in [0.3, 0.4) is 0 Å². The number of amides is 1. The Kier molecular flexibility index (Phi) is 5.88. The van der Waals surface area contributed by atoms with Gasteiger partial charge in [-0.15, -0.1) is 0 Å². The van der Waals surface area contributed by atoms with Crippen LogP contribution in [0.5, 0.6) is 0 Å². The lowest BCUT2D eigenvalue weighted by atomic mass is 10.0. The number of carboxylic acids is 1. The number of rotatable bonds is 7. The number of carboxylic acid groups (broad SMARTS) is 1. The zero-order valence-corrected chi connectivity index (χ0v) is 20.1. The van der Waals surface area contributed by atoms with E-state index in [0.29, 0.717) is 39.0 Å². The van der Waals surface area contributed by atoms with E-state index in [1.54, 1.807) is 6.92 Å². The molecule has 1 saturated heterocycles. The van der Waals surface area contributed by atoms with E-state index in [1.807, 2.05) is 0 Å². The molecular weight excluding hydrogens is 471 g/mol. The van der Waals surface area contributed by atoms with Gasteiger partial charge >= 0.3 is 5.97 Å². The van der Waals surface area contributed by atoms with Crippen molar-refractivity contribution in [3.8, 4) is 0 Å². The van der Waals surface area contributed by atoms with Crippen molar-refractivity contribution in [3.05, 3.63) is 32.0 Å². The van der Waals surface area contributed by atoms with Crippen LogP contribution in [0.2, 0.25) is 10.0 Å². The van der Waals surface area contributed by atoms with Crippen LogP contribution in [-0.2, 0) is 6.42 Å². The normalized spacial score (nSPS) is 24.7. The summed E-state index contributed by atoms with van der Waals surface area (Å²) in [5.74, 6) is 0.248. The molecular formula is C22H26Cl2N4O3S. The second-order valence-corrected chi connectivity index (χ2v) is 11.0. The number of aryl methyl sites for hydroxylation is 2. The van der Waals surface area contributed by atoms with Gasteiger partial charge in [0, 0.05) is 36.7 Å². The van der Waals surface area contributed by atoms with Gasteiger partial charge in [-0.3, -0.25) is 4.79 Å². The third-order valence-electron chi connectivity index (χ3n) is 7.19. The predicted octanol–water partition coefficient (Wildman–Crippen LogP) is 4.77. The summed E-state index contributed by atoms with van der Waals surface area (Å²) in [6.45, 7) is 3.31. The lowest BCUT2D eigenvalue weighted by Crippen LogP contribution is -2.34. The minimum Gasteiger partial charge on any atom is -0.477 e. The predicted molar refractivity (Wildman–Crippen MR) is 125 cm³/mol. The fourth-order valence-electron chi connectivity index (χ4n) is 5.30. The van der Waals surface area contributed by atoms with E-state index < -0.39 is 5.97 Å². The lowest BCUT2D eigenvalue weighted by molar-refractivity contribution is 0.0700. The molecule has 0 spiro atoms. The molecule has 3 fully saturated rings. The van der Waals surface area contributed by atoms with Crippen molar-refractivity contribution in [2.75, 3.05) is 18.0 Å². The van der Waals surface area contributed by atoms with Crippen molar-refractivity contribution in [1.29, 1.82) is 0 Å². The molecule has 2 aliphatic carbocycles. The molecule has 2 saturated carbocycles. The van der Waals surface area contributed by atoms with Gasteiger partial charge in [0.25, 0.3) is 5.91 Å². The highest BCUT2D eigenvalue weighted by molar-refractivity contribution is 7.17. The van der Waals surface area contributed by atoms with E-state index >= 15 is 0 Å². The third kappa shape index (κ3) is 4.01. The molecule has 3 atom stereocenters. The van der Waals surface area contributed by atoms with Crippen LogP contribution in [0, 0.1) is 24.7 Å². The molecule has 32 heavy (non-hydrogen) atoms. The van der Waals surface area contributed by atoms with Crippen molar-refractivity contribution in [2.24, 2.45) is 17.8 Å². The zero-order valence-electron chi connectivity index (χ0n) is 17.8. The molecule has 0 aromatic carbocycles. The Morgan fingerprint density at radius 3 is 2.50 bits per heavy atom. The number of thiazole rings is 1. The average Bonchev–Trinajstić information content (AvgIpc) is 3.34. The second kappa shape index (κ2) is 8.54. The van der Waals surface area contributed by atoms with E-state index in [-0.39, 0.29) is 17.0 Å². The summed E-state index contributed by atoms with van der Waals surface area (Å²) in [5.41, 5.74) is 1.70. The number of halogens is 2. The summed E-state index contributed by atoms with van der Waals surface area (Å²) in [7, 11) is 0. The minimum absolute atomic E-state index is 0.0953. The van der Waals surface area contributed by atoms with Gasteiger partial charge in [0.2, 0.25) is 0 Å². The molecule has 7 nitrogen and oxygen atoms in total. The summed E-state index contributed by atoms with van der Waals surface area (Å²) in [6.07, 6.45) is 6.84. The Balaban J connectivity index is 1.20. The molecule has 1 aliphatic heterocycles. The van der Waals surface area contributed by atoms with Crippen molar-refractivity contribution in [3.63, 3.8) is 0 Å². The van der Waals surface area contributed by atoms with E-state index in [9.17, 15) is 14.7 Å². The van der Waals surface area contributed by atoms with Crippen molar-refractivity contribution < 1.29 is 14.7 Å². The Morgan fingerprint density at radius 2 is 1.91 bits per heavy atom. The van der Waals surface area contributed by atoms with Gasteiger partial charge < -0.3 is 20.3 Å². The van der Waals surface area contributed by atoms with Crippen LogP contribution in [-0.4, -0.2) is 46.1 Å². The average molecular weight is 497 g/mol. The molecule has 172 valence electrons. The van der Waals surface area contributed by atoms with Crippen LogP contribution in [0.4, 0.5) is 5.13 Å². The Labute approximate surface area is 200 Å². The van der Waals surface area contributed by atoms with Crippen LogP contribution in [0.1, 0.15) is 63.7 Å². The van der Waals surface area contributed by atoms with Crippen LogP contribution >= 0.6 is 34.5 Å². The molecule has 0 bridgehead atoms. The summed E-state index contributed by atoms with van der Waals surface area (Å²) < 4.78 is 0. The number of H-pyrrole nitrogens is 1. The topological polar surface area (TPSA) is 98.3 Å². The number of aromatic nitrogens is 2. The Bertz CT molecular complexity index is 1050. The highest BCUT2D eigenvalue weighted by Crippen LogP contribution is 2.48. The van der Waals surface area contributed by atoms with Crippen molar-refractivity contribution in [1.82, 2.24) is 15.3 Å². The number of aromatic carboxylic acids is 1. The van der Waals surface area contributed by atoms with Gasteiger partial charge in [0.05, 0.1) is 15.7 Å². The Morgan fingerprint density at radius 1 is 1.22 bits per heavy atom. The maximum atomic E-state index is 12.6. The third-order valence-corrected chi connectivity index (χ3v) is 9.28. The molecule has 3 aliphatic rings. The number of nitrogens with zero attached hydrogens (tertiary/aromatic N) is 2. The largest absolute Gasteiger partial charge is 0.477 e. The standard InChI is InChI=1S/C22H26Cl2N4O3S/c1-10-15(23)16(24)18(25-10)20(29)27-17-12-8-28(9-13(12)17)22-26-14(19(32-22)21(30)31)7-6-11-4-2-3-5-11/h11-13,17,25H,2-9H2,1H3,(H,27,29)(H,30,31)/t12-,13+,17?. The fourth-order valence-corrected chi connectivity index (χ4v) is 6.69. The van der Waals surface area contributed by atoms with E-state index in [0.717, 1.165) is 36.8 Å². The second-order valence-electron chi connectivity index (χ2n) is 9.25. The van der Waals surface area contributed by atoms with Crippen LogP contribution in [0.15, 0.2) is 0 Å². The number of piperidine rings is 1. The van der Waals surface area contributed by atoms with Gasteiger partial charge in [-0.2, -0.15) is 0 Å². The van der Waals surface area contributed by atoms with Crippen LogP contribution in [0.25, 0.3) is 0 Å². The van der Waals surface area contributed by atoms with Gasteiger partial charge in [0.15, 0.2) is 5.13 Å². The highest BCUT2D eigenvalue weighted by Gasteiger charge is 2.57. The smallest absolute Gasteiger partial charge is 0.347 e. The first kappa shape index (κ1) is 22.0. The number of hydrogen-bond donors (Lipinski definition) is 3.